The van der Waals surface area contributed by atoms with E-state index in [1.165, 1.54) is 12.1 Å². The molecule has 1 amide bonds. The van der Waals surface area contributed by atoms with E-state index in [1.54, 1.807) is 12.1 Å². The zero-order valence-electron chi connectivity index (χ0n) is 10.3. The number of carbonyl (C=O) groups excluding carboxylic acids is 1. The molecule has 0 saturated heterocycles. The van der Waals surface area contributed by atoms with Gasteiger partial charge in [0.25, 0.3) is 5.91 Å². The molecule has 0 aliphatic rings. The Labute approximate surface area is 125 Å². The first-order valence-electron chi connectivity index (χ1n) is 5.71. The van der Waals surface area contributed by atoms with Crippen molar-refractivity contribution in [3.8, 4) is 0 Å². The van der Waals surface area contributed by atoms with Crippen LogP contribution in [0.3, 0.4) is 0 Å². The maximum Gasteiger partial charge on any atom is 0.416 e. The second kappa shape index (κ2) is 5.85. The second-order valence-corrected chi connectivity index (χ2v) is 5.07. The average molecular weight is 362 g/mol. The highest BCUT2D eigenvalue weighted by Gasteiger charge is 2.31. The summed E-state index contributed by atoms with van der Waals surface area (Å²) in [6.45, 7) is 0. The Morgan fingerprint density at radius 2 is 1.67 bits per heavy atom. The SMILES string of the molecule is O=C(Nc1ccc(Br)cc1)c1cc(C(F)(F)F)ccc1F. The lowest BCUT2D eigenvalue weighted by molar-refractivity contribution is -0.137. The van der Waals surface area contributed by atoms with Gasteiger partial charge in [0.1, 0.15) is 5.82 Å². The van der Waals surface area contributed by atoms with Crippen LogP contribution in [-0.2, 0) is 6.18 Å². The molecule has 0 saturated carbocycles. The van der Waals surface area contributed by atoms with Crippen LogP contribution in [0.15, 0.2) is 46.9 Å². The molecule has 1 N–H and O–H groups in total. The van der Waals surface area contributed by atoms with Crippen LogP contribution in [0.4, 0.5) is 23.2 Å². The molecule has 0 aliphatic carbocycles. The highest BCUT2D eigenvalue weighted by atomic mass is 79.9. The number of hydrogen-bond acceptors (Lipinski definition) is 1. The van der Waals surface area contributed by atoms with Crippen molar-refractivity contribution >= 4 is 27.5 Å². The van der Waals surface area contributed by atoms with Crippen molar-refractivity contribution < 1.29 is 22.4 Å². The normalized spacial score (nSPS) is 11.3. The van der Waals surface area contributed by atoms with E-state index in [1.807, 2.05) is 0 Å². The van der Waals surface area contributed by atoms with E-state index in [-0.39, 0.29) is 0 Å². The molecular weight excluding hydrogens is 354 g/mol. The molecule has 0 atom stereocenters. The van der Waals surface area contributed by atoms with Gasteiger partial charge in [-0.05, 0) is 42.5 Å². The second-order valence-electron chi connectivity index (χ2n) is 4.15. The Morgan fingerprint density at radius 1 is 1.05 bits per heavy atom. The van der Waals surface area contributed by atoms with E-state index in [4.69, 9.17) is 0 Å². The van der Waals surface area contributed by atoms with Crippen LogP contribution in [0.25, 0.3) is 0 Å². The maximum atomic E-state index is 13.5. The topological polar surface area (TPSA) is 29.1 Å². The zero-order chi connectivity index (χ0) is 15.6. The van der Waals surface area contributed by atoms with Crippen molar-refractivity contribution in [2.24, 2.45) is 0 Å². The summed E-state index contributed by atoms with van der Waals surface area (Å²) >= 11 is 3.20. The molecule has 0 aromatic heterocycles. The van der Waals surface area contributed by atoms with Crippen molar-refractivity contribution in [2.75, 3.05) is 5.32 Å². The average Bonchev–Trinajstić information content (AvgIpc) is 2.40. The Morgan fingerprint density at radius 3 is 2.24 bits per heavy atom. The van der Waals surface area contributed by atoms with E-state index < -0.39 is 29.0 Å². The summed E-state index contributed by atoms with van der Waals surface area (Å²) in [7, 11) is 0. The third-order valence-electron chi connectivity index (χ3n) is 2.64. The predicted octanol–water partition coefficient (Wildman–Crippen LogP) is 4.86. The van der Waals surface area contributed by atoms with E-state index >= 15 is 0 Å². The lowest BCUT2D eigenvalue weighted by Gasteiger charge is -2.10. The lowest BCUT2D eigenvalue weighted by Crippen LogP contribution is -2.15. The molecule has 110 valence electrons. The number of hydrogen-bond donors (Lipinski definition) is 1. The summed E-state index contributed by atoms with van der Waals surface area (Å²) in [6, 6.07) is 8.05. The molecule has 0 aliphatic heterocycles. The van der Waals surface area contributed by atoms with Crippen molar-refractivity contribution in [3.05, 3.63) is 63.9 Å². The van der Waals surface area contributed by atoms with Gasteiger partial charge in [0.2, 0.25) is 0 Å². The lowest BCUT2D eigenvalue weighted by atomic mass is 10.1. The predicted molar refractivity (Wildman–Crippen MR) is 73.5 cm³/mol. The standard InChI is InChI=1S/C14H8BrF4NO/c15-9-2-4-10(5-3-9)20-13(21)11-7-8(14(17,18)19)1-6-12(11)16/h1-7H,(H,20,21). The fourth-order valence-corrected chi connectivity index (χ4v) is 1.87. The van der Waals surface area contributed by atoms with Crippen LogP contribution >= 0.6 is 15.9 Å². The van der Waals surface area contributed by atoms with Crippen LogP contribution in [0.2, 0.25) is 0 Å². The minimum Gasteiger partial charge on any atom is -0.322 e. The Bertz CT molecular complexity index is 668. The number of carbonyl (C=O) groups is 1. The monoisotopic (exact) mass is 361 g/mol. The fourth-order valence-electron chi connectivity index (χ4n) is 1.61. The van der Waals surface area contributed by atoms with Crippen molar-refractivity contribution in [1.82, 2.24) is 0 Å². The van der Waals surface area contributed by atoms with Gasteiger partial charge < -0.3 is 5.32 Å². The number of rotatable bonds is 2. The Balaban J connectivity index is 2.28. The van der Waals surface area contributed by atoms with E-state index in [0.29, 0.717) is 23.9 Å². The molecule has 2 aromatic carbocycles. The first kappa shape index (κ1) is 15.5. The largest absolute Gasteiger partial charge is 0.416 e. The molecule has 0 spiro atoms. The number of halogens is 5. The van der Waals surface area contributed by atoms with Gasteiger partial charge in [0, 0.05) is 10.2 Å². The first-order chi connectivity index (χ1) is 9.77. The zero-order valence-corrected chi connectivity index (χ0v) is 11.9. The molecule has 0 radical (unpaired) electrons. The summed E-state index contributed by atoms with van der Waals surface area (Å²) < 4.78 is 52.0. The van der Waals surface area contributed by atoms with Crippen molar-refractivity contribution in [3.63, 3.8) is 0 Å². The molecule has 2 nitrogen and oxygen atoms in total. The molecule has 21 heavy (non-hydrogen) atoms. The molecule has 7 heteroatoms. The molecule has 2 aromatic rings. The van der Waals surface area contributed by atoms with Gasteiger partial charge in [-0.1, -0.05) is 15.9 Å². The summed E-state index contributed by atoms with van der Waals surface area (Å²) in [5.41, 5.74) is -1.39. The quantitative estimate of drug-likeness (QED) is 0.760. The highest BCUT2D eigenvalue weighted by Crippen LogP contribution is 2.30. The molecule has 0 bridgehead atoms. The molecule has 0 fully saturated rings. The van der Waals surface area contributed by atoms with Gasteiger partial charge in [-0.25, -0.2) is 4.39 Å². The summed E-state index contributed by atoms with van der Waals surface area (Å²) in [5.74, 6) is -1.96. The van der Waals surface area contributed by atoms with Gasteiger partial charge in [-0.2, -0.15) is 13.2 Å². The number of anilines is 1. The number of benzene rings is 2. The van der Waals surface area contributed by atoms with E-state index in [0.717, 1.165) is 4.47 Å². The summed E-state index contributed by atoms with van der Waals surface area (Å²) in [6.07, 6.45) is -4.64. The van der Waals surface area contributed by atoms with Gasteiger partial charge >= 0.3 is 6.18 Å². The molecule has 0 heterocycles. The van der Waals surface area contributed by atoms with Crippen LogP contribution in [0, 0.1) is 5.82 Å². The highest BCUT2D eigenvalue weighted by molar-refractivity contribution is 9.10. The van der Waals surface area contributed by atoms with Gasteiger partial charge in [-0.3, -0.25) is 4.79 Å². The molecule has 0 unspecified atom stereocenters. The third-order valence-corrected chi connectivity index (χ3v) is 3.17. The fraction of sp³-hybridized carbons (Fsp3) is 0.0714. The Kier molecular flexibility index (Phi) is 4.32. The van der Waals surface area contributed by atoms with Crippen LogP contribution < -0.4 is 5.32 Å². The smallest absolute Gasteiger partial charge is 0.322 e. The van der Waals surface area contributed by atoms with Crippen LogP contribution in [-0.4, -0.2) is 5.91 Å². The van der Waals surface area contributed by atoms with Crippen molar-refractivity contribution in [2.45, 2.75) is 6.18 Å². The number of amides is 1. The van der Waals surface area contributed by atoms with Gasteiger partial charge in [-0.15, -0.1) is 0 Å². The minimum absolute atomic E-state index is 0.347. The number of alkyl halides is 3. The molecule has 2 rings (SSSR count). The minimum atomic E-state index is -4.64. The van der Waals surface area contributed by atoms with Gasteiger partial charge in [0.15, 0.2) is 0 Å². The van der Waals surface area contributed by atoms with Gasteiger partial charge in [0.05, 0.1) is 11.1 Å². The van der Waals surface area contributed by atoms with E-state index in [9.17, 15) is 22.4 Å². The maximum absolute atomic E-state index is 13.5. The third kappa shape index (κ3) is 3.81. The Hall–Kier alpha value is -1.89. The summed E-state index contributed by atoms with van der Waals surface area (Å²) in [4.78, 5) is 11.9. The van der Waals surface area contributed by atoms with Crippen LogP contribution in [0.1, 0.15) is 15.9 Å². The van der Waals surface area contributed by atoms with Crippen LogP contribution in [0.5, 0.6) is 0 Å². The van der Waals surface area contributed by atoms with Crippen molar-refractivity contribution in [1.29, 1.82) is 0 Å². The molecular formula is C14H8BrF4NO. The van der Waals surface area contributed by atoms with E-state index in [2.05, 4.69) is 21.2 Å². The number of nitrogens with one attached hydrogen (secondary N) is 1. The first-order valence-corrected chi connectivity index (χ1v) is 6.50. The summed E-state index contributed by atoms with van der Waals surface area (Å²) in [5, 5.41) is 2.34.